The molecule has 0 spiro atoms. The number of amides is 1. The maximum Gasteiger partial charge on any atom is 0.252 e. The van der Waals surface area contributed by atoms with Crippen molar-refractivity contribution in [2.45, 2.75) is 41.2 Å². The quantitative estimate of drug-likeness (QED) is 0.706. The summed E-state index contributed by atoms with van der Waals surface area (Å²) in [7, 11) is 1.68. The van der Waals surface area contributed by atoms with Gasteiger partial charge in [-0.25, -0.2) is 0 Å². The number of hydrogen-bond acceptors (Lipinski definition) is 3. The Kier molecular flexibility index (Phi) is 5.41. The Bertz CT molecular complexity index is 909. The Morgan fingerprint density at radius 2 is 1.81 bits per heavy atom. The fourth-order valence-electron chi connectivity index (χ4n) is 3.94. The van der Waals surface area contributed by atoms with Crippen molar-refractivity contribution in [3.63, 3.8) is 0 Å². The summed E-state index contributed by atoms with van der Waals surface area (Å²) in [5.74, 6) is -0.0673. The van der Waals surface area contributed by atoms with Crippen LogP contribution in [-0.2, 0) is 16.1 Å². The van der Waals surface area contributed by atoms with Gasteiger partial charge in [0.15, 0.2) is 4.80 Å². The van der Waals surface area contributed by atoms with Crippen LogP contribution in [0.1, 0.15) is 32.6 Å². The molecule has 1 aliphatic carbocycles. The third-order valence-corrected chi connectivity index (χ3v) is 7.43. The van der Waals surface area contributed by atoms with Gasteiger partial charge >= 0.3 is 0 Å². The second kappa shape index (κ2) is 7.19. The van der Waals surface area contributed by atoms with E-state index in [4.69, 9.17) is 16.3 Å². The lowest BCUT2D eigenvalue weighted by atomic mass is 10.0. The molecule has 1 heterocycles. The molecule has 0 N–H and O–H groups in total. The van der Waals surface area contributed by atoms with Gasteiger partial charge in [-0.1, -0.05) is 51.4 Å². The number of hydrogen-bond donors (Lipinski definition) is 0. The fourth-order valence-corrected chi connectivity index (χ4v) is 5.09. The molecule has 2 aromatic rings. The molecule has 0 bridgehead atoms. The van der Waals surface area contributed by atoms with E-state index in [1.807, 2.05) is 24.3 Å². The first-order valence-electron chi connectivity index (χ1n) is 9.15. The highest BCUT2D eigenvalue weighted by atomic mass is 35.5. The zero-order chi connectivity index (χ0) is 20.0. The molecule has 0 unspecified atom stereocenters. The van der Waals surface area contributed by atoms with Crippen molar-refractivity contribution in [1.29, 1.82) is 0 Å². The van der Waals surface area contributed by atoms with Gasteiger partial charge in [0, 0.05) is 23.6 Å². The molecule has 1 aromatic carbocycles. The zero-order valence-corrected chi connectivity index (χ0v) is 18.4. The Hall–Kier alpha value is -1.43. The van der Waals surface area contributed by atoms with E-state index >= 15 is 0 Å². The van der Waals surface area contributed by atoms with E-state index in [9.17, 15) is 4.79 Å². The molecule has 1 aliphatic rings. The molecule has 4 nitrogen and oxygen atoms in total. The van der Waals surface area contributed by atoms with E-state index in [-0.39, 0.29) is 22.7 Å². The van der Waals surface area contributed by atoms with Gasteiger partial charge < -0.3 is 9.30 Å². The minimum absolute atomic E-state index is 0.0176. The molecule has 0 saturated heterocycles. The lowest BCUT2D eigenvalue weighted by Gasteiger charge is -2.10. The van der Waals surface area contributed by atoms with Crippen LogP contribution in [0.25, 0.3) is 11.3 Å². The summed E-state index contributed by atoms with van der Waals surface area (Å²) in [5, 5.41) is 0.702. The average molecular weight is 407 g/mol. The highest BCUT2D eigenvalue weighted by molar-refractivity contribution is 7.09. The predicted molar refractivity (Wildman–Crippen MR) is 111 cm³/mol. The summed E-state index contributed by atoms with van der Waals surface area (Å²) < 4.78 is 7.38. The molecule has 27 heavy (non-hydrogen) atoms. The van der Waals surface area contributed by atoms with E-state index in [1.165, 1.54) is 0 Å². The lowest BCUT2D eigenvalue weighted by molar-refractivity contribution is -0.120. The summed E-state index contributed by atoms with van der Waals surface area (Å²) in [5.41, 5.74) is 2.09. The van der Waals surface area contributed by atoms with E-state index in [1.54, 1.807) is 18.4 Å². The molecule has 1 fully saturated rings. The van der Waals surface area contributed by atoms with Crippen LogP contribution in [0.3, 0.4) is 0 Å². The van der Waals surface area contributed by atoms with Crippen molar-refractivity contribution < 1.29 is 9.53 Å². The molecule has 1 saturated carbocycles. The average Bonchev–Trinajstić information content (AvgIpc) is 2.82. The number of benzene rings is 1. The molecule has 1 aromatic heterocycles. The SMILES string of the molecule is COCCn1c(-c2ccc(Cl)cc2)c(C)sc1=NC(=O)C1C(C)(C)C1(C)C. The normalized spacial score (nSPS) is 18.7. The smallest absolute Gasteiger partial charge is 0.252 e. The fraction of sp³-hybridized carbons (Fsp3) is 0.524. The van der Waals surface area contributed by atoms with Gasteiger partial charge in [0.25, 0.3) is 5.91 Å². The molecule has 146 valence electrons. The highest BCUT2D eigenvalue weighted by Gasteiger charge is 2.68. The molecule has 3 rings (SSSR count). The number of methoxy groups -OCH3 is 1. The van der Waals surface area contributed by atoms with E-state index in [0.717, 1.165) is 20.9 Å². The van der Waals surface area contributed by atoms with Crippen LogP contribution in [0.5, 0.6) is 0 Å². The maximum absolute atomic E-state index is 12.9. The minimum atomic E-state index is -0.0396. The lowest BCUT2D eigenvalue weighted by Crippen LogP contribution is -2.21. The Morgan fingerprint density at radius 1 is 1.22 bits per heavy atom. The number of nitrogens with zero attached hydrogens (tertiary/aromatic N) is 2. The minimum Gasteiger partial charge on any atom is -0.383 e. The topological polar surface area (TPSA) is 43.6 Å². The first-order chi connectivity index (χ1) is 12.6. The van der Waals surface area contributed by atoms with Crippen molar-refractivity contribution in [2.24, 2.45) is 21.7 Å². The molecular formula is C21H27ClN2O2S. The number of aryl methyl sites for hydroxylation is 1. The first-order valence-corrected chi connectivity index (χ1v) is 10.3. The van der Waals surface area contributed by atoms with Gasteiger partial charge in [0.05, 0.1) is 18.2 Å². The van der Waals surface area contributed by atoms with Gasteiger partial charge in [-0.3, -0.25) is 4.79 Å². The largest absolute Gasteiger partial charge is 0.383 e. The van der Waals surface area contributed by atoms with Crippen molar-refractivity contribution in [1.82, 2.24) is 4.57 Å². The number of carbonyl (C=O) groups is 1. The Morgan fingerprint density at radius 3 is 2.33 bits per heavy atom. The molecule has 6 heteroatoms. The van der Waals surface area contributed by atoms with Crippen LogP contribution < -0.4 is 4.80 Å². The first kappa shape index (κ1) is 20.3. The monoisotopic (exact) mass is 406 g/mol. The molecular weight excluding hydrogens is 380 g/mol. The van der Waals surface area contributed by atoms with Crippen LogP contribution in [-0.4, -0.2) is 24.2 Å². The number of aromatic nitrogens is 1. The van der Waals surface area contributed by atoms with Gasteiger partial charge in [-0.2, -0.15) is 4.99 Å². The van der Waals surface area contributed by atoms with Crippen LogP contribution in [0, 0.1) is 23.7 Å². The zero-order valence-electron chi connectivity index (χ0n) is 16.8. The van der Waals surface area contributed by atoms with E-state index < -0.39 is 0 Å². The van der Waals surface area contributed by atoms with Gasteiger partial charge in [0.1, 0.15) is 0 Å². The summed E-state index contributed by atoms with van der Waals surface area (Å²) in [4.78, 5) is 19.3. The number of ether oxygens (including phenoxy) is 1. The van der Waals surface area contributed by atoms with Gasteiger partial charge in [-0.15, -0.1) is 11.3 Å². The second-order valence-corrected chi connectivity index (χ2v) is 9.89. The highest BCUT2D eigenvalue weighted by Crippen LogP contribution is 2.68. The van der Waals surface area contributed by atoms with Crippen LogP contribution >= 0.6 is 22.9 Å². The number of carbonyl (C=O) groups excluding carboxylic acids is 1. The molecule has 0 atom stereocenters. The van der Waals surface area contributed by atoms with Gasteiger partial charge in [0.2, 0.25) is 0 Å². The molecule has 1 amide bonds. The van der Waals surface area contributed by atoms with Crippen LogP contribution in [0.15, 0.2) is 29.3 Å². The number of halogens is 1. The van der Waals surface area contributed by atoms with E-state index in [0.29, 0.717) is 18.2 Å². The third kappa shape index (κ3) is 3.53. The van der Waals surface area contributed by atoms with Crippen LogP contribution in [0.4, 0.5) is 0 Å². The summed E-state index contributed by atoms with van der Waals surface area (Å²) in [6.45, 7) is 11.8. The van der Waals surface area contributed by atoms with Crippen molar-refractivity contribution in [2.75, 3.05) is 13.7 Å². The number of rotatable bonds is 5. The van der Waals surface area contributed by atoms with Crippen molar-refractivity contribution >= 4 is 28.8 Å². The number of thiazole rings is 1. The Balaban J connectivity index is 2.07. The van der Waals surface area contributed by atoms with Crippen molar-refractivity contribution in [3.8, 4) is 11.3 Å². The Labute approximate surface area is 169 Å². The van der Waals surface area contributed by atoms with Crippen LogP contribution in [0.2, 0.25) is 5.02 Å². The molecule has 0 aliphatic heterocycles. The van der Waals surface area contributed by atoms with Gasteiger partial charge in [-0.05, 0) is 35.4 Å². The standard InChI is InChI=1S/C21H27ClN2O2S/c1-13-16(14-7-9-15(22)10-8-14)24(11-12-26-6)19(27-13)23-18(25)17-20(2,3)21(17,4)5/h7-10,17H,11-12H2,1-6H3. The summed E-state index contributed by atoms with van der Waals surface area (Å²) >= 11 is 7.60. The van der Waals surface area contributed by atoms with Crippen molar-refractivity contribution in [3.05, 3.63) is 39.0 Å². The summed E-state index contributed by atoms with van der Waals surface area (Å²) in [6.07, 6.45) is 0. The predicted octanol–water partition coefficient (Wildman–Crippen LogP) is 4.93. The third-order valence-electron chi connectivity index (χ3n) is 6.19. The molecule has 0 radical (unpaired) electrons. The van der Waals surface area contributed by atoms with E-state index in [2.05, 4.69) is 44.2 Å². The summed E-state index contributed by atoms with van der Waals surface area (Å²) in [6, 6.07) is 7.76. The maximum atomic E-state index is 12.9. The second-order valence-electron chi connectivity index (χ2n) is 8.27.